The minimum atomic E-state index is -0.00623. The van der Waals surface area contributed by atoms with E-state index in [0.717, 1.165) is 13.1 Å². The number of carbonyl (C=O) groups excluding carboxylic acids is 1. The number of anilines is 1. The van der Waals surface area contributed by atoms with Gasteiger partial charge in [-0.2, -0.15) is 0 Å². The van der Waals surface area contributed by atoms with Gasteiger partial charge in [-0.3, -0.25) is 4.79 Å². The summed E-state index contributed by atoms with van der Waals surface area (Å²) in [6, 6.07) is 5.25. The van der Waals surface area contributed by atoms with Gasteiger partial charge in [-0.05, 0) is 25.0 Å². The van der Waals surface area contributed by atoms with Crippen molar-refractivity contribution in [2.75, 3.05) is 25.0 Å². The number of quaternary nitrogens is 1. The maximum absolute atomic E-state index is 12.0. The number of hydrogen-bond acceptors (Lipinski definition) is 1. The van der Waals surface area contributed by atoms with E-state index in [1.165, 1.54) is 17.7 Å². The highest BCUT2D eigenvalue weighted by Crippen LogP contribution is 2.29. The SMILES string of the molecule is C[C@@H]1CCC[NH+](CC(=O)Nc2cccc(Cl)c2Cl)C1. The van der Waals surface area contributed by atoms with Crippen molar-refractivity contribution in [3.8, 4) is 0 Å². The summed E-state index contributed by atoms with van der Waals surface area (Å²) in [4.78, 5) is 13.4. The van der Waals surface area contributed by atoms with Crippen molar-refractivity contribution < 1.29 is 9.69 Å². The number of likely N-dealkylation sites (tertiary alicyclic amines) is 1. The van der Waals surface area contributed by atoms with E-state index in [2.05, 4.69) is 12.2 Å². The monoisotopic (exact) mass is 301 g/mol. The maximum atomic E-state index is 12.0. The van der Waals surface area contributed by atoms with Crippen molar-refractivity contribution in [1.82, 2.24) is 0 Å². The van der Waals surface area contributed by atoms with Crippen LogP contribution in [0.5, 0.6) is 0 Å². The van der Waals surface area contributed by atoms with Crippen LogP contribution < -0.4 is 10.2 Å². The van der Waals surface area contributed by atoms with Gasteiger partial charge >= 0.3 is 0 Å². The van der Waals surface area contributed by atoms with Gasteiger partial charge in [-0.15, -0.1) is 0 Å². The van der Waals surface area contributed by atoms with Crippen molar-refractivity contribution in [2.24, 2.45) is 5.92 Å². The van der Waals surface area contributed by atoms with Crippen molar-refractivity contribution >= 4 is 34.8 Å². The van der Waals surface area contributed by atoms with E-state index < -0.39 is 0 Å². The van der Waals surface area contributed by atoms with Crippen LogP contribution in [-0.4, -0.2) is 25.5 Å². The molecule has 0 saturated carbocycles. The van der Waals surface area contributed by atoms with E-state index in [4.69, 9.17) is 23.2 Å². The number of hydrogen-bond donors (Lipinski definition) is 2. The molecule has 0 radical (unpaired) electrons. The zero-order valence-corrected chi connectivity index (χ0v) is 12.5. The van der Waals surface area contributed by atoms with Crippen LogP contribution in [0, 0.1) is 5.92 Å². The van der Waals surface area contributed by atoms with Gasteiger partial charge in [0.05, 0.1) is 28.8 Å². The Morgan fingerprint density at radius 1 is 1.47 bits per heavy atom. The Labute approximate surface area is 123 Å². The smallest absolute Gasteiger partial charge is 0.279 e. The Hall–Kier alpha value is -0.770. The molecule has 2 atom stereocenters. The Morgan fingerprint density at radius 2 is 2.26 bits per heavy atom. The minimum absolute atomic E-state index is 0.00623. The molecule has 0 aromatic heterocycles. The summed E-state index contributed by atoms with van der Waals surface area (Å²) >= 11 is 12.0. The van der Waals surface area contributed by atoms with Crippen LogP contribution in [0.4, 0.5) is 5.69 Å². The van der Waals surface area contributed by atoms with Crippen molar-refractivity contribution in [3.05, 3.63) is 28.2 Å². The van der Waals surface area contributed by atoms with Gasteiger partial charge < -0.3 is 10.2 Å². The van der Waals surface area contributed by atoms with Crippen molar-refractivity contribution in [1.29, 1.82) is 0 Å². The molecule has 1 amide bonds. The second kappa shape index (κ2) is 6.60. The maximum Gasteiger partial charge on any atom is 0.279 e. The molecule has 1 aliphatic rings. The molecule has 0 spiro atoms. The molecule has 1 saturated heterocycles. The Balaban J connectivity index is 1.92. The molecule has 1 aromatic carbocycles. The molecular formula is C14H19Cl2N2O+. The summed E-state index contributed by atoms with van der Waals surface area (Å²) < 4.78 is 0. The third-order valence-electron chi connectivity index (χ3n) is 3.50. The predicted octanol–water partition coefficient (Wildman–Crippen LogP) is 2.25. The van der Waals surface area contributed by atoms with E-state index in [1.807, 2.05) is 0 Å². The van der Waals surface area contributed by atoms with Gasteiger partial charge in [0.2, 0.25) is 0 Å². The molecule has 19 heavy (non-hydrogen) atoms. The summed E-state index contributed by atoms with van der Waals surface area (Å²) in [5, 5.41) is 3.70. The number of halogens is 2. The summed E-state index contributed by atoms with van der Waals surface area (Å²) in [6.07, 6.45) is 2.47. The summed E-state index contributed by atoms with van der Waals surface area (Å²) in [6.45, 7) is 4.87. The number of amides is 1. The van der Waals surface area contributed by atoms with Gasteiger partial charge in [0.1, 0.15) is 0 Å². The quantitative estimate of drug-likeness (QED) is 0.882. The Bertz CT molecular complexity index is 465. The molecule has 0 bridgehead atoms. The first-order valence-corrected chi connectivity index (χ1v) is 7.39. The molecule has 5 heteroatoms. The van der Waals surface area contributed by atoms with E-state index in [1.54, 1.807) is 18.2 Å². The average molecular weight is 302 g/mol. The highest BCUT2D eigenvalue weighted by atomic mass is 35.5. The van der Waals surface area contributed by atoms with Gasteiger partial charge in [-0.25, -0.2) is 0 Å². The first kappa shape index (κ1) is 14.6. The fourth-order valence-corrected chi connectivity index (χ4v) is 2.93. The molecule has 104 valence electrons. The number of piperidine rings is 1. The molecule has 3 nitrogen and oxygen atoms in total. The predicted molar refractivity (Wildman–Crippen MR) is 79.1 cm³/mol. The van der Waals surface area contributed by atoms with Crippen LogP contribution in [0.1, 0.15) is 19.8 Å². The molecule has 1 aromatic rings. The molecule has 1 unspecified atom stereocenters. The fraction of sp³-hybridized carbons (Fsp3) is 0.500. The lowest BCUT2D eigenvalue weighted by Crippen LogP contribution is -3.14. The van der Waals surface area contributed by atoms with Gasteiger partial charge in [0.25, 0.3) is 5.91 Å². The van der Waals surface area contributed by atoms with Crippen molar-refractivity contribution in [2.45, 2.75) is 19.8 Å². The van der Waals surface area contributed by atoms with Crippen LogP contribution in [0.2, 0.25) is 10.0 Å². The molecule has 1 aliphatic heterocycles. The van der Waals surface area contributed by atoms with Gasteiger partial charge in [0.15, 0.2) is 6.54 Å². The summed E-state index contributed by atoms with van der Waals surface area (Å²) in [7, 11) is 0. The largest absolute Gasteiger partial charge is 0.327 e. The Morgan fingerprint density at radius 3 is 3.00 bits per heavy atom. The van der Waals surface area contributed by atoms with E-state index >= 15 is 0 Å². The van der Waals surface area contributed by atoms with Crippen LogP contribution in [0.25, 0.3) is 0 Å². The summed E-state index contributed by atoms with van der Waals surface area (Å²) in [5.74, 6) is 0.694. The van der Waals surface area contributed by atoms with Crippen LogP contribution in [0.15, 0.2) is 18.2 Å². The molecular weight excluding hydrogens is 283 g/mol. The van der Waals surface area contributed by atoms with E-state index in [-0.39, 0.29) is 5.91 Å². The lowest BCUT2D eigenvalue weighted by molar-refractivity contribution is -0.900. The van der Waals surface area contributed by atoms with Crippen LogP contribution in [-0.2, 0) is 4.79 Å². The molecule has 0 aliphatic carbocycles. The number of nitrogens with one attached hydrogen (secondary N) is 2. The highest BCUT2D eigenvalue weighted by molar-refractivity contribution is 6.43. The topological polar surface area (TPSA) is 33.5 Å². The zero-order valence-electron chi connectivity index (χ0n) is 11.0. The summed E-state index contributed by atoms with van der Waals surface area (Å²) in [5.41, 5.74) is 0.587. The van der Waals surface area contributed by atoms with E-state index in [0.29, 0.717) is 28.2 Å². The zero-order chi connectivity index (χ0) is 13.8. The highest BCUT2D eigenvalue weighted by Gasteiger charge is 2.22. The minimum Gasteiger partial charge on any atom is -0.327 e. The third-order valence-corrected chi connectivity index (χ3v) is 4.32. The van der Waals surface area contributed by atoms with Crippen LogP contribution >= 0.6 is 23.2 Å². The first-order valence-electron chi connectivity index (χ1n) is 6.63. The average Bonchev–Trinajstić information content (AvgIpc) is 2.35. The molecule has 2 N–H and O–H groups in total. The lowest BCUT2D eigenvalue weighted by atomic mass is 10.0. The first-order chi connectivity index (χ1) is 9.06. The van der Waals surface area contributed by atoms with E-state index in [9.17, 15) is 4.79 Å². The van der Waals surface area contributed by atoms with Crippen LogP contribution in [0.3, 0.4) is 0 Å². The number of carbonyl (C=O) groups is 1. The van der Waals surface area contributed by atoms with Crippen molar-refractivity contribution in [3.63, 3.8) is 0 Å². The Kier molecular flexibility index (Phi) is 5.08. The normalized spacial score (nSPS) is 23.1. The molecule has 2 rings (SSSR count). The second-order valence-corrected chi connectivity index (χ2v) is 6.06. The molecule has 1 heterocycles. The molecule has 1 fully saturated rings. The number of benzene rings is 1. The second-order valence-electron chi connectivity index (χ2n) is 5.28. The van der Waals surface area contributed by atoms with Gasteiger partial charge in [0, 0.05) is 5.92 Å². The third kappa shape index (κ3) is 4.10. The standard InChI is InChI=1S/C14H18Cl2N2O/c1-10-4-3-7-18(8-10)9-13(19)17-12-6-2-5-11(15)14(12)16/h2,5-6,10H,3-4,7-9H2,1H3,(H,17,19)/p+1/t10-/m1/s1. The lowest BCUT2D eigenvalue weighted by Gasteiger charge is -2.27. The van der Waals surface area contributed by atoms with Gasteiger partial charge in [-0.1, -0.05) is 36.2 Å². The fourth-order valence-electron chi connectivity index (χ4n) is 2.58. The number of rotatable bonds is 3.